The molecule has 0 amide bonds. The Morgan fingerprint density at radius 2 is 1.55 bits per heavy atom. The van der Waals surface area contributed by atoms with Crippen molar-refractivity contribution in [1.29, 1.82) is 0 Å². The van der Waals surface area contributed by atoms with Gasteiger partial charge in [0.15, 0.2) is 16.6 Å². The molecule has 0 heterocycles. The van der Waals surface area contributed by atoms with Crippen LogP contribution in [0.1, 0.15) is 50.9 Å². The predicted molar refractivity (Wildman–Crippen MR) is 128 cm³/mol. The van der Waals surface area contributed by atoms with Crippen LogP contribution in [0.2, 0.25) is 38.3 Å². The van der Waals surface area contributed by atoms with E-state index in [9.17, 15) is 4.79 Å². The Labute approximate surface area is 200 Å². The predicted octanol–water partition coefficient (Wildman–Crippen LogP) is 6.38. The number of hydrogen-bond donors (Lipinski definition) is 0. The average molecular weight is 514 g/mol. The maximum absolute atomic E-state index is 11.7. The topological polar surface area (TPSA) is 61.8 Å². The number of esters is 1. The monoisotopic (exact) mass is 513 g/mol. The van der Waals surface area contributed by atoms with E-state index in [-0.39, 0.29) is 12.1 Å². The van der Waals surface area contributed by atoms with E-state index in [4.69, 9.17) is 17.5 Å². The molecule has 5 nitrogen and oxygen atoms in total. The first-order valence-electron chi connectivity index (χ1n) is 10.8. The Morgan fingerprint density at radius 1 is 1.03 bits per heavy atom. The molecule has 31 heavy (non-hydrogen) atoms. The Morgan fingerprint density at radius 3 is 1.97 bits per heavy atom. The van der Waals surface area contributed by atoms with Crippen molar-refractivity contribution in [2.75, 3.05) is 6.61 Å². The zero-order valence-corrected chi connectivity index (χ0v) is 23.6. The van der Waals surface area contributed by atoms with Gasteiger partial charge in [-0.2, -0.15) is 36.8 Å². The van der Waals surface area contributed by atoms with E-state index in [2.05, 4.69) is 82.5 Å². The average Bonchev–Trinajstić information content (AvgIpc) is 2.66. The second-order valence-electron chi connectivity index (χ2n) is 8.99. The molecular formula is C23H42CoO5Si2-2. The van der Waals surface area contributed by atoms with Crippen molar-refractivity contribution in [1.82, 2.24) is 0 Å². The van der Waals surface area contributed by atoms with Crippen molar-refractivity contribution in [2.24, 2.45) is 0 Å². The van der Waals surface area contributed by atoms with Crippen molar-refractivity contribution in [3.05, 3.63) is 42.8 Å². The molecule has 0 radical (unpaired) electrons. The van der Waals surface area contributed by atoms with E-state index in [1.807, 2.05) is 0 Å². The van der Waals surface area contributed by atoms with E-state index < -0.39 is 16.6 Å². The molecular weight excluding hydrogens is 471 g/mol. The summed E-state index contributed by atoms with van der Waals surface area (Å²) in [6.07, 6.45) is 2.51. The first kappa shape index (κ1) is 32.5. The van der Waals surface area contributed by atoms with Crippen molar-refractivity contribution >= 4 is 22.6 Å². The van der Waals surface area contributed by atoms with Crippen LogP contribution < -0.4 is 0 Å². The molecule has 0 aliphatic carbocycles. The summed E-state index contributed by atoms with van der Waals surface area (Å²) in [6, 6.07) is 12.0. The van der Waals surface area contributed by atoms with Crippen molar-refractivity contribution < 1.29 is 37.9 Å². The molecule has 8 heteroatoms. The molecule has 0 aromatic heterocycles. The normalized spacial score (nSPS) is 11.4. The van der Waals surface area contributed by atoms with Gasteiger partial charge in [-0.05, 0) is 66.3 Å². The fourth-order valence-corrected chi connectivity index (χ4v) is 7.72. The summed E-state index contributed by atoms with van der Waals surface area (Å²) in [4.78, 5) is 11.7. The Hall–Kier alpha value is -0.650. The molecule has 0 bridgehead atoms. The van der Waals surface area contributed by atoms with Gasteiger partial charge in [0.2, 0.25) is 0 Å². The number of hydrogen-bond acceptors (Lipinski definition) is 5. The van der Waals surface area contributed by atoms with Gasteiger partial charge >= 0.3 is 19.5 Å². The molecule has 1 rings (SSSR count). The number of carbonyl (C=O) groups is 1. The van der Waals surface area contributed by atoms with Gasteiger partial charge in [0, 0.05) is 12.2 Å². The standard InChI is InChI=1S/C15H23O3Si.C8H19OSi.Co.O/c1-13(2)18-19(3,4)12-8-11-17-15(16)14-9-6-5-7-10-14;1-6-7-10(4,5)9-8(2)3;;/h5-6,9-10,13H,8,11-12H2,1-4H3;8H,1,6-7H2,2-5H3;;/q2*-1;;. The van der Waals surface area contributed by atoms with E-state index in [1.165, 1.54) is 6.04 Å². The summed E-state index contributed by atoms with van der Waals surface area (Å²) in [6.45, 7) is 21.5. The van der Waals surface area contributed by atoms with Crippen molar-refractivity contribution in [2.45, 2.75) is 91.0 Å². The van der Waals surface area contributed by atoms with Crippen molar-refractivity contribution in [3.63, 3.8) is 0 Å². The maximum atomic E-state index is 11.7. The summed E-state index contributed by atoms with van der Waals surface area (Å²) < 4.78 is 24.9. The molecule has 1 aromatic carbocycles. The van der Waals surface area contributed by atoms with Gasteiger partial charge in [0.05, 0.1) is 6.61 Å². The van der Waals surface area contributed by atoms with Crippen LogP contribution >= 0.6 is 0 Å². The van der Waals surface area contributed by atoms with Crippen molar-refractivity contribution in [3.8, 4) is 0 Å². The third-order valence-corrected chi connectivity index (χ3v) is 9.32. The zero-order valence-electron chi connectivity index (χ0n) is 20.6. The fourth-order valence-electron chi connectivity index (χ4n) is 3.09. The SMILES string of the molecule is CC(C)O[Si](C)(C)CCCOC(=O)c1c[c-]ccc1.[CH2-]CC[Si](C)(C)OC(C)C.[O]=[Co]. The second-order valence-corrected chi connectivity index (χ2v) is 17.5. The van der Waals surface area contributed by atoms with E-state index in [0.717, 1.165) is 18.9 Å². The van der Waals surface area contributed by atoms with Gasteiger partial charge < -0.3 is 20.5 Å². The molecule has 0 unspecified atom stereocenters. The van der Waals surface area contributed by atoms with Gasteiger partial charge in [-0.1, -0.05) is 11.6 Å². The molecule has 0 saturated carbocycles. The fraction of sp³-hybridized carbons (Fsp3) is 0.652. The third kappa shape index (κ3) is 19.7. The third-order valence-electron chi connectivity index (χ3n) is 3.99. The number of carbonyl (C=O) groups excluding carboxylic acids is 1. The summed E-state index contributed by atoms with van der Waals surface area (Å²) in [5.74, 6) is -0.277. The first-order chi connectivity index (χ1) is 14.4. The van der Waals surface area contributed by atoms with Crippen LogP contribution in [0.15, 0.2) is 24.3 Å². The van der Waals surface area contributed by atoms with E-state index in [0.29, 0.717) is 18.3 Å². The summed E-state index contributed by atoms with van der Waals surface area (Å²) in [5, 5.41) is 0. The van der Waals surface area contributed by atoms with Gasteiger partial charge in [-0.3, -0.25) is 4.79 Å². The summed E-state index contributed by atoms with van der Waals surface area (Å²) in [7, 11) is -2.94. The van der Waals surface area contributed by atoms with Gasteiger partial charge in [0.1, 0.15) is 0 Å². The zero-order chi connectivity index (χ0) is 24.5. The molecule has 183 valence electrons. The van der Waals surface area contributed by atoms with Crippen LogP contribution in [0.25, 0.3) is 0 Å². The van der Waals surface area contributed by atoms with E-state index >= 15 is 0 Å². The molecule has 0 atom stereocenters. The van der Waals surface area contributed by atoms with Crippen LogP contribution in [0.4, 0.5) is 0 Å². The summed E-state index contributed by atoms with van der Waals surface area (Å²) in [5.41, 5.74) is 0.553. The van der Waals surface area contributed by atoms with Crippen LogP contribution in [0.3, 0.4) is 0 Å². The second kappa shape index (κ2) is 17.9. The molecule has 0 N–H and O–H groups in total. The van der Waals surface area contributed by atoms with Crippen LogP contribution in [-0.2, 0) is 33.1 Å². The molecule has 0 spiro atoms. The van der Waals surface area contributed by atoms with E-state index in [1.54, 1.807) is 24.3 Å². The van der Waals surface area contributed by atoms with Crippen LogP contribution in [-0.4, -0.2) is 41.4 Å². The molecule has 0 saturated heterocycles. The quantitative estimate of drug-likeness (QED) is 0.149. The summed E-state index contributed by atoms with van der Waals surface area (Å²) >= 11 is 2.31. The Kier molecular flexibility index (Phi) is 18.7. The number of benzene rings is 1. The van der Waals surface area contributed by atoms with Crippen LogP contribution in [0, 0.1) is 13.0 Å². The number of ether oxygens (including phenoxy) is 1. The molecule has 1 aromatic rings. The minimum atomic E-state index is -1.62. The van der Waals surface area contributed by atoms with Gasteiger partial charge in [-0.15, -0.1) is 0 Å². The van der Waals surface area contributed by atoms with Crippen LogP contribution in [0.5, 0.6) is 0 Å². The van der Waals surface area contributed by atoms with Gasteiger partial charge in [-0.25, -0.2) is 0 Å². The molecule has 0 fully saturated rings. The Bertz CT molecular complexity index is 581. The van der Waals surface area contributed by atoms with Gasteiger partial charge in [0.25, 0.3) is 5.97 Å². The number of rotatable bonds is 11. The molecule has 0 aliphatic rings. The molecule has 0 aliphatic heterocycles. The first-order valence-corrected chi connectivity index (χ1v) is 17.5. The Balaban J connectivity index is 0. The minimum absolute atomic E-state index is 0.268.